The first kappa shape index (κ1) is 17.8. The van der Waals surface area contributed by atoms with Gasteiger partial charge in [0.05, 0.1) is 18.8 Å². The molecule has 1 heterocycles. The zero-order valence-electron chi connectivity index (χ0n) is 13.6. The van der Waals surface area contributed by atoms with Crippen LogP contribution in [-0.2, 0) is 13.1 Å². The van der Waals surface area contributed by atoms with Gasteiger partial charge in [0.25, 0.3) is 0 Å². The Labute approximate surface area is 154 Å². The fourth-order valence-corrected chi connectivity index (χ4v) is 2.52. The van der Waals surface area contributed by atoms with Gasteiger partial charge in [-0.3, -0.25) is 4.68 Å². The molecular formula is C17H24IN5. The van der Waals surface area contributed by atoms with Crippen molar-refractivity contribution in [3.63, 3.8) is 0 Å². The quantitative estimate of drug-likeness (QED) is 0.440. The molecule has 0 aliphatic heterocycles. The van der Waals surface area contributed by atoms with E-state index >= 15 is 0 Å². The molecule has 1 aliphatic rings. The Hall–Kier alpha value is -1.57. The average Bonchev–Trinajstić information content (AvgIpc) is 3.27. The maximum atomic E-state index is 5.90. The highest BCUT2D eigenvalue weighted by Crippen LogP contribution is 2.19. The third-order valence-electron chi connectivity index (χ3n) is 4.04. The number of nitrogens with zero attached hydrogens (tertiary/aromatic N) is 3. The number of rotatable bonds is 5. The molecule has 0 amide bonds. The highest BCUT2D eigenvalue weighted by Gasteiger charge is 2.21. The smallest absolute Gasteiger partial charge is 0.189 e. The van der Waals surface area contributed by atoms with Crippen LogP contribution in [0.4, 0.5) is 0 Å². The second kappa shape index (κ2) is 7.81. The molecule has 0 atom stereocenters. The predicted octanol–water partition coefficient (Wildman–Crippen LogP) is 2.73. The first-order valence-electron chi connectivity index (χ1n) is 7.76. The van der Waals surface area contributed by atoms with E-state index in [9.17, 15) is 0 Å². The van der Waals surface area contributed by atoms with Gasteiger partial charge < -0.3 is 11.1 Å². The molecule has 1 aromatic heterocycles. The van der Waals surface area contributed by atoms with Crippen molar-refractivity contribution < 1.29 is 0 Å². The first-order valence-corrected chi connectivity index (χ1v) is 7.76. The molecule has 0 saturated heterocycles. The lowest BCUT2D eigenvalue weighted by Crippen LogP contribution is -2.33. The van der Waals surface area contributed by atoms with Crippen LogP contribution in [0.2, 0.25) is 0 Å². The Morgan fingerprint density at radius 2 is 2.00 bits per heavy atom. The fourth-order valence-electron chi connectivity index (χ4n) is 2.52. The molecule has 1 fully saturated rings. The van der Waals surface area contributed by atoms with E-state index in [4.69, 9.17) is 5.73 Å². The predicted molar refractivity (Wildman–Crippen MR) is 104 cm³/mol. The van der Waals surface area contributed by atoms with E-state index < -0.39 is 0 Å². The van der Waals surface area contributed by atoms with Gasteiger partial charge in [0.2, 0.25) is 0 Å². The topological polar surface area (TPSA) is 68.2 Å². The van der Waals surface area contributed by atoms with Gasteiger partial charge in [-0.25, -0.2) is 4.99 Å². The van der Waals surface area contributed by atoms with Gasteiger partial charge in [0.15, 0.2) is 5.96 Å². The van der Waals surface area contributed by atoms with Crippen molar-refractivity contribution >= 4 is 29.9 Å². The number of hydrogen-bond acceptors (Lipinski definition) is 2. The molecule has 2 aromatic rings. The third kappa shape index (κ3) is 4.70. The molecule has 0 spiro atoms. The summed E-state index contributed by atoms with van der Waals surface area (Å²) in [6.07, 6.45) is 2.40. The zero-order valence-corrected chi connectivity index (χ0v) is 16.0. The minimum atomic E-state index is 0. The summed E-state index contributed by atoms with van der Waals surface area (Å²) in [5, 5.41) is 7.85. The Balaban J connectivity index is 0.00000192. The van der Waals surface area contributed by atoms with Crippen molar-refractivity contribution in [2.45, 2.75) is 45.8 Å². The van der Waals surface area contributed by atoms with Crippen molar-refractivity contribution in [2.24, 2.45) is 10.7 Å². The highest BCUT2D eigenvalue weighted by atomic mass is 127. The molecule has 0 unspecified atom stereocenters. The van der Waals surface area contributed by atoms with E-state index in [1.165, 1.54) is 18.4 Å². The highest BCUT2D eigenvalue weighted by molar-refractivity contribution is 14.0. The van der Waals surface area contributed by atoms with Crippen LogP contribution in [0.3, 0.4) is 0 Å². The summed E-state index contributed by atoms with van der Waals surface area (Å²) in [5.74, 6) is 0.539. The second-order valence-corrected chi connectivity index (χ2v) is 5.91. The number of guanidine groups is 1. The van der Waals surface area contributed by atoms with Gasteiger partial charge in [-0.15, -0.1) is 24.0 Å². The SMILES string of the molecule is Cc1nn(Cc2ccccc2)c(C)c1CN=C(N)NC1CC1.I. The van der Waals surface area contributed by atoms with Gasteiger partial charge in [-0.2, -0.15) is 5.10 Å². The molecule has 1 aromatic carbocycles. The number of nitrogens with two attached hydrogens (primary N) is 1. The number of nitrogens with one attached hydrogen (secondary N) is 1. The number of hydrogen-bond donors (Lipinski definition) is 2. The average molecular weight is 425 g/mol. The largest absolute Gasteiger partial charge is 0.370 e. The van der Waals surface area contributed by atoms with E-state index in [1.807, 2.05) is 17.7 Å². The van der Waals surface area contributed by atoms with Crippen LogP contribution in [0.5, 0.6) is 0 Å². The summed E-state index contributed by atoms with van der Waals surface area (Å²) in [6.45, 7) is 5.49. The molecule has 5 nitrogen and oxygen atoms in total. The monoisotopic (exact) mass is 425 g/mol. The lowest BCUT2D eigenvalue weighted by molar-refractivity contribution is 0.658. The van der Waals surface area contributed by atoms with Crippen molar-refractivity contribution in [1.29, 1.82) is 0 Å². The van der Waals surface area contributed by atoms with Crippen LogP contribution in [0.25, 0.3) is 0 Å². The van der Waals surface area contributed by atoms with Crippen LogP contribution >= 0.6 is 24.0 Å². The second-order valence-electron chi connectivity index (χ2n) is 5.91. The standard InChI is InChI=1S/C17H23N5.HI/c1-12-16(10-19-17(18)20-15-8-9-15)13(2)22(21-12)11-14-6-4-3-5-7-14;/h3-7,15H,8-11H2,1-2H3,(H3,18,19,20);1H. The molecule has 23 heavy (non-hydrogen) atoms. The number of aliphatic imine (C=N–C) groups is 1. The summed E-state index contributed by atoms with van der Waals surface area (Å²) in [5.41, 5.74) is 10.5. The molecule has 3 N–H and O–H groups in total. The lowest BCUT2D eigenvalue weighted by Gasteiger charge is -2.06. The van der Waals surface area contributed by atoms with Gasteiger partial charge in [-0.1, -0.05) is 30.3 Å². The lowest BCUT2D eigenvalue weighted by atomic mass is 10.2. The first-order chi connectivity index (χ1) is 10.6. The normalized spacial score (nSPS) is 14.4. The van der Waals surface area contributed by atoms with Crippen LogP contribution < -0.4 is 11.1 Å². The number of halogens is 1. The molecule has 3 rings (SSSR count). The van der Waals surface area contributed by atoms with E-state index in [2.05, 4.69) is 46.6 Å². The summed E-state index contributed by atoms with van der Waals surface area (Å²) < 4.78 is 2.04. The minimum absolute atomic E-state index is 0. The van der Waals surface area contributed by atoms with Crippen LogP contribution in [0, 0.1) is 13.8 Å². The van der Waals surface area contributed by atoms with Gasteiger partial charge >= 0.3 is 0 Å². The van der Waals surface area contributed by atoms with Gasteiger partial charge in [0, 0.05) is 17.3 Å². The van der Waals surface area contributed by atoms with Crippen molar-refractivity contribution in [1.82, 2.24) is 15.1 Å². The van der Waals surface area contributed by atoms with Gasteiger partial charge in [0.1, 0.15) is 0 Å². The van der Waals surface area contributed by atoms with Crippen LogP contribution in [0.15, 0.2) is 35.3 Å². The van der Waals surface area contributed by atoms with Crippen LogP contribution in [-0.4, -0.2) is 21.8 Å². The molecule has 0 radical (unpaired) electrons. The maximum absolute atomic E-state index is 5.90. The van der Waals surface area contributed by atoms with Crippen molar-refractivity contribution in [3.05, 3.63) is 52.8 Å². The van der Waals surface area contributed by atoms with Gasteiger partial charge in [-0.05, 0) is 32.3 Å². The Kier molecular flexibility index (Phi) is 6.04. The summed E-state index contributed by atoms with van der Waals surface area (Å²) in [6, 6.07) is 10.9. The molecular weight excluding hydrogens is 401 g/mol. The molecule has 124 valence electrons. The minimum Gasteiger partial charge on any atom is -0.370 e. The van der Waals surface area contributed by atoms with E-state index in [0.717, 1.165) is 23.5 Å². The summed E-state index contributed by atoms with van der Waals surface area (Å²) in [7, 11) is 0. The van der Waals surface area contributed by atoms with Crippen molar-refractivity contribution in [3.8, 4) is 0 Å². The Bertz CT molecular complexity index is 674. The maximum Gasteiger partial charge on any atom is 0.189 e. The van der Waals surface area contributed by atoms with E-state index in [-0.39, 0.29) is 24.0 Å². The van der Waals surface area contributed by atoms with Crippen LogP contribution in [0.1, 0.15) is 35.4 Å². The molecule has 1 aliphatic carbocycles. The summed E-state index contributed by atoms with van der Waals surface area (Å²) >= 11 is 0. The molecule has 1 saturated carbocycles. The summed E-state index contributed by atoms with van der Waals surface area (Å²) in [4.78, 5) is 4.45. The molecule has 0 bridgehead atoms. The van der Waals surface area contributed by atoms with E-state index in [1.54, 1.807) is 0 Å². The third-order valence-corrected chi connectivity index (χ3v) is 4.04. The number of benzene rings is 1. The number of aromatic nitrogens is 2. The molecule has 6 heteroatoms. The van der Waals surface area contributed by atoms with E-state index in [0.29, 0.717) is 18.5 Å². The Morgan fingerprint density at radius 1 is 1.30 bits per heavy atom. The van der Waals surface area contributed by atoms with Crippen molar-refractivity contribution in [2.75, 3.05) is 0 Å². The zero-order chi connectivity index (χ0) is 15.5. The Morgan fingerprint density at radius 3 is 2.65 bits per heavy atom. The fraction of sp³-hybridized carbons (Fsp3) is 0.412. The number of aryl methyl sites for hydroxylation is 1.